The Labute approximate surface area is 98.7 Å². The van der Waals surface area contributed by atoms with Crippen LogP contribution in [0.1, 0.15) is 12.0 Å². The summed E-state index contributed by atoms with van der Waals surface area (Å²) in [4.78, 5) is 34.0. The van der Waals surface area contributed by atoms with Crippen molar-refractivity contribution in [2.45, 2.75) is 13.0 Å². The Hall–Kier alpha value is -2.17. The van der Waals surface area contributed by atoms with E-state index in [0.29, 0.717) is 6.54 Å². The molecule has 90 valence electrons. The summed E-state index contributed by atoms with van der Waals surface area (Å²) in [5.41, 5.74) is 0.922. The van der Waals surface area contributed by atoms with E-state index < -0.39 is 24.1 Å². The van der Waals surface area contributed by atoms with Crippen molar-refractivity contribution < 1.29 is 19.5 Å². The van der Waals surface area contributed by atoms with Crippen LogP contribution in [0, 0.1) is 0 Å². The maximum Gasteiger partial charge on any atom is 0.372 e. The lowest BCUT2D eigenvalue weighted by Crippen LogP contribution is -2.30. The molecule has 5 heteroatoms. The molecule has 0 saturated carbocycles. The van der Waals surface area contributed by atoms with Gasteiger partial charge < -0.3 is 10.0 Å². The van der Waals surface area contributed by atoms with Crippen molar-refractivity contribution >= 4 is 17.7 Å². The molecule has 0 aliphatic rings. The van der Waals surface area contributed by atoms with Crippen LogP contribution in [0.4, 0.5) is 0 Å². The van der Waals surface area contributed by atoms with Gasteiger partial charge in [-0.25, -0.2) is 4.79 Å². The van der Waals surface area contributed by atoms with Gasteiger partial charge in [0.25, 0.3) is 0 Å². The molecule has 0 heterocycles. The lowest BCUT2D eigenvalue weighted by molar-refractivity contribution is -0.151. The fourth-order valence-electron chi connectivity index (χ4n) is 1.29. The van der Waals surface area contributed by atoms with E-state index in [1.807, 2.05) is 30.3 Å². The predicted molar refractivity (Wildman–Crippen MR) is 60.2 cm³/mol. The number of Topliss-reactive ketones (excluding diaryl/α,β-unsaturated/α-hetero) is 1. The summed E-state index contributed by atoms with van der Waals surface area (Å²) < 4.78 is 0. The molecule has 0 saturated heterocycles. The molecule has 1 aromatic carbocycles. The fraction of sp³-hybridized carbons (Fsp3) is 0.250. The number of ketones is 1. The van der Waals surface area contributed by atoms with Gasteiger partial charge in [-0.3, -0.25) is 9.59 Å². The minimum absolute atomic E-state index is 0.354. The molecular weight excluding hydrogens is 222 g/mol. The van der Waals surface area contributed by atoms with Crippen LogP contribution in [0.3, 0.4) is 0 Å². The van der Waals surface area contributed by atoms with E-state index in [4.69, 9.17) is 5.11 Å². The number of carbonyl (C=O) groups is 3. The standard InChI is InChI=1S/C12H13NO4/c1-13(8-9-5-3-2-4-6-9)11(15)7-10(14)12(16)17/h2-6H,7-8H2,1H3,(H,16,17). The van der Waals surface area contributed by atoms with Gasteiger partial charge in [-0.05, 0) is 5.56 Å². The normalized spacial score (nSPS) is 9.71. The Morgan fingerprint density at radius 3 is 2.29 bits per heavy atom. The quantitative estimate of drug-likeness (QED) is 0.601. The van der Waals surface area contributed by atoms with Crippen molar-refractivity contribution in [3.05, 3.63) is 35.9 Å². The van der Waals surface area contributed by atoms with Gasteiger partial charge in [-0.2, -0.15) is 0 Å². The molecule has 0 atom stereocenters. The third-order valence-electron chi connectivity index (χ3n) is 2.24. The zero-order chi connectivity index (χ0) is 12.8. The van der Waals surface area contributed by atoms with Gasteiger partial charge >= 0.3 is 5.97 Å². The zero-order valence-electron chi connectivity index (χ0n) is 9.42. The first-order valence-electron chi connectivity index (χ1n) is 5.04. The van der Waals surface area contributed by atoms with Crippen LogP contribution in [0.5, 0.6) is 0 Å². The van der Waals surface area contributed by atoms with Crippen LogP contribution in [0.2, 0.25) is 0 Å². The zero-order valence-corrected chi connectivity index (χ0v) is 9.42. The molecule has 0 spiro atoms. The van der Waals surface area contributed by atoms with Gasteiger partial charge in [0.15, 0.2) is 0 Å². The van der Waals surface area contributed by atoms with Crippen LogP contribution in [0.15, 0.2) is 30.3 Å². The summed E-state index contributed by atoms with van der Waals surface area (Å²) in [6.07, 6.45) is -0.599. The first kappa shape index (κ1) is 12.9. The van der Waals surface area contributed by atoms with Crippen LogP contribution in [-0.2, 0) is 20.9 Å². The van der Waals surface area contributed by atoms with Gasteiger partial charge in [-0.1, -0.05) is 30.3 Å². The molecule has 0 radical (unpaired) electrons. The SMILES string of the molecule is CN(Cc1ccccc1)C(=O)CC(=O)C(=O)O. The van der Waals surface area contributed by atoms with Crippen LogP contribution in [-0.4, -0.2) is 34.7 Å². The topological polar surface area (TPSA) is 74.7 Å². The average molecular weight is 235 g/mol. The molecule has 17 heavy (non-hydrogen) atoms. The average Bonchev–Trinajstić information content (AvgIpc) is 2.29. The molecule has 1 aromatic rings. The molecule has 0 fully saturated rings. The smallest absolute Gasteiger partial charge is 0.372 e. The number of carbonyl (C=O) groups excluding carboxylic acids is 2. The molecule has 0 aliphatic heterocycles. The molecule has 0 unspecified atom stereocenters. The Bertz CT molecular complexity index is 427. The predicted octanol–water partition coefficient (Wildman–Crippen LogP) is 0.689. The molecule has 1 rings (SSSR count). The van der Waals surface area contributed by atoms with E-state index in [2.05, 4.69) is 0 Å². The maximum absolute atomic E-state index is 11.5. The highest BCUT2D eigenvalue weighted by atomic mass is 16.4. The minimum atomic E-state index is -1.58. The van der Waals surface area contributed by atoms with Crippen molar-refractivity contribution in [2.24, 2.45) is 0 Å². The van der Waals surface area contributed by atoms with Crippen molar-refractivity contribution in [2.75, 3.05) is 7.05 Å². The Morgan fingerprint density at radius 1 is 1.18 bits per heavy atom. The molecule has 1 N–H and O–H groups in total. The largest absolute Gasteiger partial charge is 0.475 e. The Kier molecular flexibility index (Phi) is 4.39. The van der Waals surface area contributed by atoms with E-state index in [9.17, 15) is 14.4 Å². The van der Waals surface area contributed by atoms with Crippen molar-refractivity contribution in [1.82, 2.24) is 4.90 Å². The van der Waals surface area contributed by atoms with Crippen LogP contribution < -0.4 is 0 Å². The summed E-state index contributed by atoms with van der Waals surface area (Å²) in [7, 11) is 1.53. The van der Waals surface area contributed by atoms with E-state index in [0.717, 1.165) is 5.56 Å². The first-order valence-corrected chi connectivity index (χ1v) is 5.04. The monoisotopic (exact) mass is 235 g/mol. The lowest BCUT2D eigenvalue weighted by atomic mass is 10.2. The highest BCUT2D eigenvalue weighted by Crippen LogP contribution is 2.04. The third kappa shape index (κ3) is 4.06. The summed E-state index contributed by atoms with van der Waals surface area (Å²) in [5, 5.41) is 8.38. The second-order valence-electron chi connectivity index (χ2n) is 3.64. The van der Waals surface area contributed by atoms with Crippen molar-refractivity contribution in [1.29, 1.82) is 0 Å². The summed E-state index contributed by atoms with van der Waals surface area (Å²) in [6.45, 7) is 0.354. The van der Waals surface area contributed by atoms with Crippen LogP contribution in [0.25, 0.3) is 0 Å². The number of aliphatic carboxylic acids is 1. The fourth-order valence-corrected chi connectivity index (χ4v) is 1.29. The molecule has 0 aromatic heterocycles. The second kappa shape index (κ2) is 5.79. The van der Waals surface area contributed by atoms with Crippen molar-refractivity contribution in [3.63, 3.8) is 0 Å². The Morgan fingerprint density at radius 2 is 1.76 bits per heavy atom. The summed E-state index contributed by atoms with van der Waals surface area (Å²) in [5.74, 6) is -3.16. The molecule has 1 amide bonds. The van der Waals surface area contributed by atoms with Gasteiger partial charge in [0.1, 0.15) is 0 Å². The molecule has 5 nitrogen and oxygen atoms in total. The third-order valence-corrected chi connectivity index (χ3v) is 2.24. The number of rotatable bonds is 5. The van der Waals surface area contributed by atoms with Gasteiger partial charge in [0, 0.05) is 13.6 Å². The summed E-state index contributed by atoms with van der Waals surface area (Å²) >= 11 is 0. The van der Waals surface area contributed by atoms with Crippen LogP contribution >= 0.6 is 0 Å². The van der Waals surface area contributed by atoms with Gasteiger partial charge in [-0.15, -0.1) is 0 Å². The minimum Gasteiger partial charge on any atom is -0.475 e. The number of hydrogen-bond donors (Lipinski definition) is 1. The highest BCUT2D eigenvalue weighted by molar-refractivity contribution is 6.36. The van der Waals surface area contributed by atoms with Gasteiger partial charge in [0.05, 0.1) is 6.42 Å². The highest BCUT2D eigenvalue weighted by Gasteiger charge is 2.19. The molecule has 0 bridgehead atoms. The Balaban J connectivity index is 2.53. The molecular formula is C12H13NO4. The summed E-state index contributed by atoms with van der Waals surface area (Å²) in [6, 6.07) is 9.25. The maximum atomic E-state index is 11.5. The van der Waals surface area contributed by atoms with E-state index in [-0.39, 0.29) is 0 Å². The van der Waals surface area contributed by atoms with E-state index in [1.54, 1.807) is 0 Å². The first-order chi connectivity index (χ1) is 8.00. The number of benzene rings is 1. The number of nitrogens with zero attached hydrogens (tertiary/aromatic N) is 1. The van der Waals surface area contributed by atoms with Crippen molar-refractivity contribution in [3.8, 4) is 0 Å². The second-order valence-corrected chi connectivity index (χ2v) is 3.64. The lowest BCUT2D eigenvalue weighted by Gasteiger charge is -2.16. The number of hydrogen-bond acceptors (Lipinski definition) is 3. The number of carboxylic acid groups (broad SMARTS) is 1. The number of carboxylic acids is 1. The molecule has 0 aliphatic carbocycles. The number of amides is 1. The van der Waals surface area contributed by atoms with E-state index >= 15 is 0 Å². The van der Waals surface area contributed by atoms with Gasteiger partial charge in [0.2, 0.25) is 11.7 Å². The van der Waals surface area contributed by atoms with E-state index in [1.165, 1.54) is 11.9 Å².